The molecule has 0 spiro atoms. The second-order valence-electron chi connectivity index (χ2n) is 4.85. The highest BCUT2D eigenvalue weighted by molar-refractivity contribution is 5.82. The molecule has 1 aromatic rings. The van der Waals surface area contributed by atoms with E-state index in [0.717, 1.165) is 0 Å². The van der Waals surface area contributed by atoms with Crippen molar-refractivity contribution >= 4 is 12.0 Å². The summed E-state index contributed by atoms with van der Waals surface area (Å²) >= 11 is 0. The zero-order valence-electron chi connectivity index (χ0n) is 12.0. The van der Waals surface area contributed by atoms with E-state index in [0.29, 0.717) is 18.8 Å². The SMILES string of the molecule is CN(C)CCN(C)C(=O)N[C@@H](Cc1cnc[nH]1)C(=O)O. The number of rotatable bonds is 7. The smallest absolute Gasteiger partial charge is 0.326 e. The molecule has 0 saturated carbocycles. The van der Waals surface area contributed by atoms with E-state index >= 15 is 0 Å². The number of urea groups is 1. The van der Waals surface area contributed by atoms with Crippen LogP contribution in [-0.4, -0.2) is 77.1 Å². The number of carbonyl (C=O) groups is 2. The third-order valence-electron chi connectivity index (χ3n) is 2.80. The van der Waals surface area contributed by atoms with Gasteiger partial charge in [-0.05, 0) is 14.1 Å². The number of aromatic amines is 1. The molecular weight excluding hydrogens is 262 g/mol. The van der Waals surface area contributed by atoms with Gasteiger partial charge in [-0.25, -0.2) is 14.6 Å². The Morgan fingerprint density at radius 2 is 2.10 bits per heavy atom. The van der Waals surface area contributed by atoms with Gasteiger partial charge in [0.25, 0.3) is 0 Å². The molecular formula is C12H21N5O3. The predicted octanol–water partition coefficient (Wildman–Crippen LogP) is -0.392. The summed E-state index contributed by atoms with van der Waals surface area (Å²) in [7, 11) is 5.45. The number of nitrogens with zero attached hydrogens (tertiary/aromatic N) is 3. The Labute approximate surface area is 117 Å². The Bertz CT molecular complexity index is 432. The first kappa shape index (κ1) is 16.0. The van der Waals surface area contributed by atoms with Crippen LogP contribution in [0.4, 0.5) is 4.79 Å². The van der Waals surface area contributed by atoms with E-state index < -0.39 is 18.0 Å². The number of likely N-dealkylation sites (N-methyl/N-ethyl adjacent to an activating group) is 2. The van der Waals surface area contributed by atoms with Crippen molar-refractivity contribution < 1.29 is 14.7 Å². The molecule has 8 nitrogen and oxygen atoms in total. The number of aromatic nitrogens is 2. The van der Waals surface area contributed by atoms with Crippen LogP contribution < -0.4 is 5.32 Å². The molecule has 0 unspecified atom stereocenters. The minimum Gasteiger partial charge on any atom is -0.480 e. The van der Waals surface area contributed by atoms with Gasteiger partial charge in [0.15, 0.2) is 0 Å². The highest BCUT2D eigenvalue weighted by Gasteiger charge is 2.22. The van der Waals surface area contributed by atoms with E-state index in [2.05, 4.69) is 15.3 Å². The highest BCUT2D eigenvalue weighted by Crippen LogP contribution is 2.00. The van der Waals surface area contributed by atoms with Gasteiger partial charge in [-0.2, -0.15) is 0 Å². The second kappa shape index (κ2) is 7.49. The van der Waals surface area contributed by atoms with Gasteiger partial charge in [0.05, 0.1) is 6.33 Å². The molecule has 0 fully saturated rings. The van der Waals surface area contributed by atoms with E-state index in [4.69, 9.17) is 5.11 Å². The van der Waals surface area contributed by atoms with Crippen molar-refractivity contribution in [2.75, 3.05) is 34.2 Å². The van der Waals surface area contributed by atoms with Gasteiger partial charge in [-0.3, -0.25) is 0 Å². The Morgan fingerprint density at radius 1 is 1.40 bits per heavy atom. The van der Waals surface area contributed by atoms with Crippen LogP contribution in [0.1, 0.15) is 5.69 Å². The van der Waals surface area contributed by atoms with E-state index in [-0.39, 0.29) is 6.42 Å². The van der Waals surface area contributed by atoms with Crippen LogP contribution in [0.3, 0.4) is 0 Å². The summed E-state index contributed by atoms with van der Waals surface area (Å²) in [5, 5.41) is 11.6. The molecule has 0 aliphatic carbocycles. The van der Waals surface area contributed by atoms with Crippen molar-refractivity contribution in [1.29, 1.82) is 0 Å². The maximum absolute atomic E-state index is 11.9. The molecule has 0 aliphatic heterocycles. The van der Waals surface area contributed by atoms with Gasteiger partial charge in [-0.15, -0.1) is 0 Å². The standard InChI is InChI=1S/C12H21N5O3/c1-16(2)4-5-17(3)12(20)15-10(11(18)19)6-9-7-13-8-14-9/h7-8,10H,4-6H2,1-3H3,(H,13,14)(H,15,20)(H,18,19)/t10-/m0/s1. The zero-order chi connectivity index (χ0) is 15.1. The molecule has 0 saturated heterocycles. The maximum Gasteiger partial charge on any atom is 0.326 e. The van der Waals surface area contributed by atoms with Crippen LogP contribution in [0.2, 0.25) is 0 Å². The van der Waals surface area contributed by atoms with Gasteiger partial charge >= 0.3 is 12.0 Å². The minimum atomic E-state index is -1.08. The summed E-state index contributed by atoms with van der Waals surface area (Å²) in [5.74, 6) is -1.08. The average Bonchev–Trinajstić information content (AvgIpc) is 2.87. The van der Waals surface area contributed by atoms with Crippen molar-refractivity contribution in [2.45, 2.75) is 12.5 Å². The number of imidazole rings is 1. The molecule has 112 valence electrons. The van der Waals surface area contributed by atoms with Gasteiger partial charge < -0.3 is 25.2 Å². The fourth-order valence-electron chi connectivity index (χ4n) is 1.53. The van der Waals surface area contributed by atoms with Gasteiger partial charge in [0, 0.05) is 38.4 Å². The molecule has 0 bridgehead atoms. The van der Waals surface area contributed by atoms with Crippen molar-refractivity contribution in [3.63, 3.8) is 0 Å². The average molecular weight is 283 g/mol. The lowest BCUT2D eigenvalue weighted by molar-refractivity contribution is -0.139. The Balaban J connectivity index is 2.52. The first-order chi connectivity index (χ1) is 9.40. The Morgan fingerprint density at radius 3 is 2.60 bits per heavy atom. The van der Waals surface area contributed by atoms with Crippen LogP contribution in [0.5, 0.6) is 0 Å². The maximum atomic E-state index is 11.9. The van der Waals surface area contributed by atoms with E-state index in [1.807, 2.05) is 19.0 Å². The Hall–Kier alpha value is -2.09. The fourth-order valence-corrected chi connectivity index (χ4v) is 1.53. The molecule has 0 radical (unpaired) electrons. The number of aliphatic carboxylic acids is 1. The summed E-state index contributed by atoms with van der Waals surface area (Å²) in [6.07, 6.45) is 3.18. The van der Waals surface area contributed by atoms with Gasteiger partial charge in [0.2, 0.25) is 0 Å². The fraction of sp³-hybridized carbons (Fsp3) is 0.583. The molecule has 1 heterocycles. The Kier molecular flexibility index (Phi) is 5.98. The molecule has 1 aromatic heterocycles. The van der Waals surface area contributed by atoms with E-state index in [1.165, 1.54) is 17.4 Å². The van der Waals surface area contributed by atoms with Crippen LogP contribution in [-0.2, 0) is 11.2 Å². The highest BCUT2D eigenvalue weighted by atomic mass is 16.4. The number of nitrogens with one attached hydrogen (secondary N) is 2. The monoisotopic (exact) mass is 283 g/mol. The summed E-state index contributed by atoms with van der Waals surface area (Å²) in [5.41, 5.74) is 0.661. The summed E-state index contributed by atoms with van der Waals surface area (Å²) < 4.78 is 0. The van der Waals surface area contributed by atoms with Crippen molar-refractivity contribution in [1.82, 2.24) is 25.1 Å². The van der Waals surface area contributed by atoms with Crippen LogP contribution in [0.15, 0.2) is 12.5 Å². The van der Waals surface area contributed by atoms with E-state index in [9.17, 15) is 9.59 Å². The van der Waals surface area contributed by atoms with Crippen molar-refractivity contribution in [2.24, 2.45) is 0 Å². The quantitative estimate of drug-likeness (QED) is 0.632. The third kappa shape index (κ3) is 5.27. The molecule has 1 rings (SSSR count). The summed E-state index contributed by atoms with van der Waals surface area (Å²) in [4.78, 5) is 33.1. The molecule has 0 aliphatic rings. The molecule has 0 aromatic carbocycles. The second-order valence-corrected chi connectivity index (χ2v) is 4.85. The van der Waals surface area contributed by atoms with Gasteiger partial charge in [-0.1, -0.05) is 0 Å². The molecule has 8 heteroatoms. The largest absolute Gasteiger partial charge is 0.480 e. The molecule has 2 amide bonds. The predicted molar refractivity (Wildman–Crippen MR) is 73.4 cm³/mol. The lowest BCUT2D eigenvalue weighted by atomic mass is 10.1. The number of amides is 2. The summed E-state index contributed by atoms with van der Waals surface area (Å²) in [6, 6.07) is -1.39. The lowest BCUT2D eigenvalue weighted by Crippen LogP contribution is -2.48. The number of carbonyl (C=O) groups excluding carboxylic acids is 1. The number of carboxylic acids is 1. The number of H-pyrrole nitrogens is 1. The number of carboxylic acid groups (broad SMARTS) is 1. The number of hydrogen-bond donors (Lipinski definition) is 3. The van der Waals surface area contributed by atoms with Crippen LogP contribution in [0.25, 0.3) is 0 Å². The first-order valence-corrected chi connectivity index (χ1v) is 6.26. The minimum absolute atomic E-state index is 0.169. The molecule has 3 N–H and O–H groups in total. The lowest BCUT2D eigenvalue weighted by Gasteiger charge is -2.22. The normalized spacial score (nSPS) is 12.2. The summed E-state index contributed by atoms with van der Waals surface area (Å²) in [6.45, 7) is 1.23. The molecule has 1 atom stereocenters. The van der Waals surface area contributed by atoms with Crippen LogP contribution in [0, 0.1) is 0 Å². The van der Waals surface area contributed by atoms with Gasteiger partial charge in [0.1, 0.15) is 6.04 Å². The van der Waals surface area contributed by atoms with Crippen molar-refractivity contribution in [3.8, 4) is 0 Å². The van der Waals surface area contributed by atoms with Crippen molar-refractivity contribution in [3.05, 3.63) is 18.2 Å². The van der Waals surface area contributed by atoms with E-state index in [1.54, 1.807) is 7.05 Å². The first-order valence-electron chi connectivity index (χ1n) is 6.26. The topological polar surface area (TPSA) is 102 Å². The zero-order valence-corrected chi connectivity index (χ0v) is 12.0. The molecule has 20 heavy (non-hydrogen) atoms. The van der Waals surface area contributed by atoms with Crippen LogP contribution >= 0.6 is 0 Å². The third-order valence-corrected chi connectivity index (χ3v) is 2.80. The number of hydrogen-bond acceptors (Lipinski definition) is 4.